The van der Waals surface area contributed by atoms with Gasteiger partial charge >= 0.3 is 0 Å². The van der Waals surface area contributed by atoms with Crippen LogP contribution in [0.2, 0.25) is 20.1 Å². The van der Waals surface area contributed by atoms with Crippen LogP contribution in [0.25, 0.3) is 72.0 Å². The van der Waals surface area contributed by atoms with E-state index in [0.29, 0.717) is 20.1 Å². The highest BCUT2D eigenvalue weighted by molar-refractivity contribution is 7.46. The third-order valence-corrected chi connectivity index (χ3v) is 25.0. The van der Waals surface area contributed by atoms with Crippen molar-refractivity contribution in [3.8, 4) is 19.5 Å². The molecule has 0 aliphatic rings. The lowest BCUT2D eigenvalue weighted by Crippen LogP contribution is -1.87. The van der Waals surface area contributed by atoms with Gasteiger partial charge in [0.15, 0.2) is 0 Å². The number of unbranched alkanes of at least 4 members (excludes halogenated alkanes) is 28. The van der Waals surface area contributed by atoms with Gasteiger partial charge in [0.1, 0.15) is 0 Å². The van der Waals surface area contributed by atoms with Gasteiger partial charge in [0.25, 0.3) is 0 Å². The van der Waals surface area contributed by atoms with E-state index in [2.05, 4.69) is 108 Å². The summed E-state index contributed by atoms with van der Waals surface area (Å²) in [5.74, 6) is 0. The smallest absolute Gasteiger partial charge is 0.0651 e. The Balaban J connectivity index is 0.986. The van der Waals surface area contributed by atoms with Crippen molar-refractivity contribution in [2.75, 3.05) is 0 Å². The van der Waals surface area contributed by atoms with E-state index in [1.807, 2.05) is 59.1 Å². The summed E-state index contributed by atoms with van der Waals surface area (Å²) in [6.07, 6.45) is 52.3. The minimum absolute atomic E-state index is 0.678. The molecule has 10 heteroatoms. The molecule has 0 nitrogen and oxygen atoms in total. The van der Waals surface area contributed by atoms with Gasteiger partial charge in [0.05, 0.1) is 28.2 Å². The molecule has 8 rings (SSSR count). The lowest BCUT2D eigenvalue weighted by atomic mass is 10.0. The molecule has 6 aromatic heterocycles. The van der Waals surface area contributed by atoms with Crippen molar-refractivity contribution in [1.29, 1.82) is 0 Å². The standard InChI is InChI=1S/C68H84Cl4S6/c1-3-5-7-9-11-13-15-17-19-21-23-25-27-29-31-35-53-61(59-47-43-49(73-59)41-45-51-55(69)37-33-38-56(51)70)75-65-63(53)77-68-66-64(78-67(65)68)54(36-32-30-28-26-24-22-20-18-16-14-12-10-8-6-4-2)62(76-66)60-48-44-50(74-60)42-46-52-57(71)39-34-40-58(52)72/h33-34,37-48H,3-32,35-36H2,1-2H3/b45-41+,46-42+. The highest BCUT2D eigenvalue weighted by atomic mass is 35.5. The maximum absolute atomic E-state index is 6.59. The van der Waals surface area contributed by atoms with Crippen molar-refractivity contribution >= 4 is 167 Å². The van der Waals surface area contributed by atoms with Gasteiger partial charge < -0.3 is 0 Å². The first-order valence-corrected chi connectivity index (χ1v) is 36.6. The molecule has 0 saturated heterocycles. The second-order valence-corrected chi connectivity index (χ2v) is 29.7. The van der Waals surface area contributed by atoms with Gasteiger partial charge in [-0.05, 0) is 97.5 Å². The van der Waals surface area contributed by atoms with Crippen molar-refractivity contribution in [3.63, 3.8) is 0 Å². The second kappa shape index (κ2) is 34.0. The summed E-state index contributed by atoms with van der Waals surface area (Å²) >= 11 is 38.4. The first-order chi connectivity index (χ1) is 38.3. The van der Waals surface area contributed by atoms with Crippen LogP contribution in [-0.2, 0) is 12.8 Å². The van der Waals surface area contributed by atoms with Gasteiger partial charge in [-0.25, -0.2) is 0 Å². The summed E-state index contributed by atoms with van der Waals surface area (Å²) < 4.78 is 9.07. The molecule has 0 N–H and O–H groups in total. The average Bonchev–Trinajstić information content (AvgIpc) is 4.34. The fraction of sp³-hybridized carbons (Fsp3) is 0.500. The van der Waals surface area contributed by atoms with Crippen molar-refractivity contribution in [2.45, 2.75) is 219 Å². The predicted molar refractivity (Wildman–Crippen MR) is 365 cm³/mol. The molecule has 0 aliphatic carbocycles. The third-order valence-electron chi connectivity index (χ3n) is 15.5. The Morgan fingerprint density at radius 2 is 0.577 bits per heavy atom. The van der Waals surface area contributed by atoms with Gasteiger partial charge in [0.2, 0.25) is 0 Å². The SMILES string of the molecule is CCCCCCCCCCCCCCCCCc1c(-c2ccc(/C=C/c3c(Cl)cccc3Cl)s2)sc2c1sc1c3sc(-c4ccc(/C=C/c5c(Cl)cccc5Cl)s4)c(CCCCCCCCCCCCCCCCC)c3sc21. The predicted octanol–water partition coefficient (Wildman–Crippen LogP) is 28.6. The number of fused-ring (bicyclic) bond motifs is 5. The zero-order chi connectivity index (χ0) is 54.3. The van der Waals surface area contributed by atoms with Crippen molar-refractivity contribution in [2.24, 2.45) is 0 Å². The Bertz CT molecular complexity index is 2850. The molecule has 6 heterocycles. The second-order valence-electron chi connectivity index (χ2n) is 21.7. The van der Waals surface area contributed by atoms with E-state index < -0.39 is 0 Å². The Morgan fingerprint density at radius 3 is 0.885 bits per heavy atom. The minimum Gasteiger partial charge on any atom is -0.135 e. The summed E-state index contributed by atoms with van der Waals surface area (Å²) in [6.45, 7) is 4.61. The van der Waals surface area contributed by atoms with Crippen LogP contribution in [0.1, 0.15) is 238 Å². The zero-order valence-electron chi connectivity index (χ0n) is 46.7. The normalized spacial score (nSPS) is 12.2. The molecule has 0 amide bonds. The fourth-order valence-electron chi connectivity index (χ4n) is 11.0. The summed E-state index contributed by atoms with van der Waals surface area (Å²) in [6, 6.07) is 20.7. The Morgan fingerprint density at radius 1 is 0.295 bits per heavy atom. The van der Waals surface area contributed by atoms with E-state index in [-0.39, 0.29) is 0 Å². The monoisotopic (exact) mass is 1230 g/mol. The average molecular weight is 1240 g/mol. The van der Waals surface area contributed by atoms with Crippen LogP contribution in [0, 0.1) is 0 Å². The summed E-state index contributed by atoms with van der Waals surface area (Å²) in [5.41, 5.74) is 4.89. The molecule has 78 heavy (non-hydrogen) atoms. The van der Waals surface area contributed by atoms with E-state index in [1.54, 1.807) is 11.1 Å². The van der Waals surface area contributed by atoms with Crippen LogP contribution in [0.5, 0.6) is 0 Å². The Hall–Kier alpha value is -1.94. The molecule has 0 atom stereocenters. The fourth-order valence-corrected chi connectivity index (χ4v) is 20.4. The van der Waals surface area contributed by atoms with Gasteiger partial charge in [-0.3, -0.25) is 0 Å². The molecule has 0 bridgehead atoms. The molecular weight excluding hydrogens is 1150 g/mol. The first-order valence-electron chi connectivity index (χ1n) is 30.2. The lowest BCUT2D eigenvalue weighted by Gasteiger charge is -2.05. The molecule has 0 radical (unpaired) electrons. The minimum atomic E-state index is 0.678. The van der Waals surface area contributed by atoms with Gasteiger partial charge in [-0.2, -0.15) is 0 Å². The summed E-state index contributed by atoms with van der Waals surface area (Å²) in [5, 5.41) is 2.71. The number of halogens is 4. The topological polar surface area (TPSA) is 0 Å². The molecule has 0 spiro atoms. The van der Waals surface area contributed by atoms with Crippen molar-refractivity contribution in [3.05, 3.63) is 113 Å². The number of aryl methyl sites for hydroxylation is 2. The van der Waals surface area contributed by atoms with Gasteiger partial charge in [-0.1, -0.05) is 264 Å². The van der Waals surface area contributed by atoms with E-state index >= 15 is 0 Å². The van der Waals surface area contributed by atoms with Crippen molar-refractivity contribution < 1.29 is 0 Å². The van der Waals surface area contributed by atoms with Crippen LogP contribution < -0.4 is 0 Å². The van der Waals surface area contributed by atoms with E-state index in [4.69, 9.17) is 46.4 Å². The summed E-state index contributed by atoms with van der Waals surface area (Å²) in [4.78, 5) is 8.10. The van der Waals surface area contributed by atoms with Crippen molar-refractivity contribution in [1.82, 2.24) is 0 Å². The number of hydrogen-bond acceptors (Lipinski definition) is 6. The van der Waals surface area contributed by atoms with Crippen LogP contribution in [0.4, 0.5) is 0 Å². The van der Waals surface area contributed by atoms with Crippen LogP contribution >= 0.6 is 114 Å². The highest BCUT2D eigenvalue weighted by Crippen LogP contribution is 2.56. The van der Waals surface area contributed by atoms with E-state index in [9.17, 15) is 0 Å². The van der Waals surface area contributed by atoms with E-state index in [1.165, 1.54) is 250 Å². The number of benzene rings is 2. The largest absolute Gasteiger partial charge is 0.135 e. The number of rotatable bonds is 38. The van der Waals surface area contributed by atoms with Gasteiger partial charge in [0, 0.05) is 60.5 Å². The zero-order valence-corrected chi connectivity index (χ0v) is 54.6. The Kier molecular flexibility index (Phi) is 27.1. The number of thiophene rings is 6. The highest BCUT2D eigenvalue weighted by Gasteiger charge is 2.26. The van der Waals surface area contributed by atoms with Crippen LogP contribution in [0.3, 0.4) is 0 Å². The molecule has 0 unspecified atom stereocenters. The van der Waals surface area contributed by atoms with E-state index in [0.717, 1.165) is 24.0 Å². The lowest BCUT2D eigenvalue weighted by molar-refractivity contribution is 0.532. The number of hydrogen-bond donors (Lipinski definition) is 0. The molecule has 2 aromatic carbocycles. The molecule has 420 valence electrons. The molecule has 0 fully saturated rings. The van der Waals surface area contributed by atoms with Crippen LogP contribution in [-0.4, -0.2) is 0 Å². The maximum atomic E-state index is 6.59. The maximum Gasteiger partial charge on any atom is 0.0651 e. The molecule has 8 aromatic rings. The molecule has 0 saturated carbocycles. The quantitative estimate of drug-likeness (QED) is 0.0338. The van der Waals surface area contributed by atoms with Crippen LogP contribution in [0.15, 0.2) is 60.7 Å². The molecule has 0 aliphatic heterocycles. The Labute approximate surface area is 513 Å². The summed E-state index contributed by atoms with van der Waals surface area (Å²) in [7, 11) is 0. The third kappa shape index (κ3) is 18.0. The van der Waals surface area contributed by atoms with Gasteiger partial charge in [-0.15, -0.1) is 68.0 Å². The first kappa shape index (κ1) is 62.1. The molecular formula is C68H84Cl4S6.